The summed E-state index contributed by atoms with van der Waals surface area (Å²) >= 11 is 0. The zero-order chi connectivity index (χ0) is 9.40. The molecule has 0 aliphatic carbocycles. The lowest BCUT2D eigenvalue weighted by Crippen LogP contribution is -1.97. The smallest absolute Gasteiger partial charge is 0.121 e. The van der Waals surface area contributed by atoms with E-state index in [1.165, 1.54) is 0 Å². The summed E-state index contributed by atoms with van der Waals surface area (Å²) in [5, 5.41) is 0. The van der Waals surface area contributed by atoms with Crippen LogP contribution in [0.15, 0.2) is 23.7 Å². The van der Waals surface area contributed by atoms with Crippen molar-refractivity contribution in [3.05, 3.63) is 23.7 Å². The summed E-state index contributed by atoms with van der Waals surface area (Å²) < 4.78 is 10.3. The Morgan fingerprint density at radius 3 is 1.42 bits per heavy atom. The molecule has 0 radical (unpaired) electrons. The highest BCUT2D eigenvalue weighted by molar-refractivity contribution is 4.87. The van der Waals surface area contributed by atoms with Gasteiger partial charge in [0.1, 0.15) is 13.2 Å². The predicted octanol–water partition coefficient (Wildman–Crippen LogP) is 2.87. The van der Waals surface area contributed by atoms with Crippen LogP contribution in [-0.2, 0) is 9.47 Å². The lowest BCUT2D eigenvalue weighted by Gasteiger charge is -2.01. The fraction of sp³-hybridized carbons (Fsp3) is 0.600. The molecule has 0 unspecified atom stereocenters. The van der Waals surface area contributed by atoms with Crippen molar-refractivity contribution in [2.45, 2.75) is 27.7 Å². The van der Waals surface area contributed by atoms with Crippen molar-refractivity contribution in [2.24, 2.45) is 0 Å². The van der Waals surface area contributed by atoms with E-state index in [1.807, 2.05) is 27.7 Å². The van der Waals surface area contributed by atoms with E-state index in [0.29, 0.717) is 13.2 Å². The maximum atomic E-state index is 5.16. The molecule has 0 aromatic heterocycles. The highest BCUT2D eigenvalue weighted by atomic mass is 16.5. The summed E-state index contributed by atoms with van der Waals surface area (Å²) in [7, 11) is 0. The zero-order valence-corrected chi connectivity index (χ0v) is 8.39. The molecule has 70 valence electrons. The monoisotopic (exact) mass is 170 g/mol. The number of hydrogen-bond acceptors (Lipinski definition) is 2. The third-order valence-corrected chi connectivity index (χ3v) is 0.957. The first-order chi connectivity index (χ1) is 5.63. The summed E-state index contributed by atoms with van der Waals surface area (Å²) in [6.07, 6.45) is 3.48. The molecule has 0 fully saturated rings. The van der Waals surface area contributed by atoms with Crippen LogP contribution in [0.2, 0.25) is 0 Å². The first kappa shape index (κ1) is 11.1. The first-order valence-corrected chi connectivity index (χ1v) is 4.13. The van der Waals surface area contributed by atoms with Gasteiger partial charge in [-0.25, -0.2) is 0 Å². The van der Waals surface area contributed by atoms with E-state index in [0.717, 1.165) is 11.1 Å². The second-order valence-electron chi connectivity index (χ2n) is 3.13. The normalized spacial score (nSPS) is 8.67. The summed E-state index contributed by atoms with van der Waals surface area (Å²) in [5.74, 6) is 0. The quantitative estimate of drug-likeness (QED) is 0.466. The molecule has 2 nitrogen and oxygen atoms in total. The van der Waals surface area contributed by atoms with Gasteiger partial charge < -0.3 is 9.47 Å². The fourth-order valence-electron chi connectivity index (χ4n) is 0.547. The van der Waals surface area contributed by atoms with Crippen molar-refractivity contribution in [3.8, 4) is 0 Å². The van der Waals surface area contributed by atoms with Gasteiger partial charge in [-0.2, -0.15) is 0 Å². The Labute approximate surface area is 74.9 Å². The van der Waals surface area contributed by atoms with Gasteiger partial charge in [-0.15, -0.1) is 0 Å². The van der Waals surface area contributed by atoms with Crippen molar-refractivity contribution < 1.29 is 9.47 Å². The van der Waals surface area contributed by atoms with Gasteiger partial charge in [0.05, 0.1) is 12.5 Å². The zero-order valence-electron chi connectivity index (χ0n) is 8.39. The average Bonchev–Trinajstić information content (AvgIpc) is 1.95. The lowest BCUT2D eigenvalue weighted by molar-refractivity contribution is 0.147. The largest absolute Gasteiger partial charge is 0.498 e. The molecule has 0 aliphatic heterocycles. The molecule has 0 saturated carbocycles. The van der Waals surface area contributed by atoms with Gasteiger partial charge in [0.25, 0.3) is 0 Å². The maximum absolute atomic E-state index is 5.16. The van der Waals surface area contributed by atoms with Gasteiger partial charge >= 0.3 is 0 Å². The van der Waals surface area contributed by atoms with Gasteiger partial charge in [-0.3, -0.25) is 0 Å². The van der Waals surface area contributed by atoms with Gasteiger partial charge in [-0.1, -0.05) is 0 Å². The number of allylic oxidation sites excluding steroid dienone is 2. The van der Waals surface area contributed by atoms with Crippen LogP contribution in [0, 0.1) is 0 Å². The van der Waals surface area contributed by atoms with Crippen LogP contribution >= 0.6 is 0 Å². The van der Waals surface area contributed by atoms with E-state index in [2.05, 4.69) is 0 Å². The van der Waals surface area contributed by atoms with Crippen LogP contribution in [0.5, 0.6) is 0 Å². The van der Waals surface area contributed by atoms with Gasteiger partial charge in [0, 0.05) is 0 Å². The molecule has 12 heavy (non-hydrogen) atoms. The van der Waals surface area contributed by atoms with Crippen LogP contribution in [0.3, 0.4) is 0 Å². The molecule has 0 atom stereocenters. The second-order valence-corrected chi connectivity index (χ2v) is 3.13. The molecule has 0 aromatic rings. The van der Waals surface area contributed by atoms with E-state index >= 15 is 0 Å². The van der Waals surface area contributed by atoms with E-state index in [1.54, 1.807) is 12.5 Å². The molecular formula is C10H18O2. The molecule has 2 heteroatoms. The van der Waals surface area contributed by atoms with Gasteiger partial charge in [-0.05, 0) is 38.8 Å². The Morgan fingerprint density at radius 2 is 1.17 bits per heavy atom. The van der Waals surface area contributed by atoms with Gasteiger partial charge in [0.2, 0.25) is 0 Å². The lowest BCUT2D eigenvalue weighted by atomic mass is 10.4. The van der Waals surface area contributed by atoms with Crippen LogP contribution < -0.4 is 0 Å². The Kier molecular flexibility index (Phi) is 6.25. The Morgan fingerprint density at radius 1 is 0.833 bits per heavy atom. The third-order valence-electron chi connectivity index (χ3n) is 0.957. The number of ether oxygens (including phenoxy) is 2. The maximum Gasteiger partial charge on any atom is 0.121 e. The second kappa shape index (κ2) is 6.77. The minimum atomic E-state index is 0.606. The molecule has 0 aliphatic rings. The highest BCUT2D eigenvalue weighted by Gasteiger charge is 1.83. The highest BCUT2D eigenvalue weighted by Crippen LogP contribution is 1.91. The van der Waals surface area contributed by atoms with E-state index in [9.17, 15) is 0 Å². The minimum absolute atomic E-state index is 0.606. The van der Waals surface area contributed by atoms with Crippen molar-refractivity contribution in [2.75, 3.05) is 13.2 Å². The SMILES string of the molecule is CC(C)=COCCOC=C(C)C. The Bertz CT molecular complexity index is 141. The Balaban J connectivity index is 3.23. The van der Waals surface area contributed by atoms with Crippen molar-refractivity contribution in [1.29, 1.82) is 0 Å². The molecule has 0 amide bonds. The first-order valence-electron chi connectivity index (χ1n) is 4.13. The molecule has 0 aromatic carbocycles. The van der Waals surface area contributed by atoms with Gasteiger partial charge in [0.15, 0.2) is 0 Å². The molecule has 0 bridgehead atoms. The predicted molar refractivity (Wildman–Crippen MR) is 50.8 cm³/mol. The number of hydrogen-bond donors (Lipinski definition) is 0. The fourth-order valence-corrected chi connectivity index (χ4v) is 0.547. The standard InChI is InChI=1S/C10H18O2/c1-9(2)7-11-5-6-12-8-10(3)4/h7-8H,5-6H2,1-4H3. The van der Waals surface area contributed by atoms with Crippen molar-refractivity contribution in [1.82, 2.24) is 0 Å². The molecule has 0 spiro atoms. The van der Waals surface area contributed by atoms with Crippen molar-refractivity contribution >= 4 is 0 Å². The molecular weight excluding hydrogens is 152 g/mol. The summed E-state index contributed by atoms with van der Waals surface area (Å²) in [5.41, 5.74) is 2.33. The van der Waals surface area contributed by atoms with Crippen LogP contribution in [-0.4, -0.2) is 13.2 Å². The van der Waals surface area contributed by atoms with Crippen molar-refractivity contribution in [3.63, 3.8) is 0 Å². The van der Waals surface area contributed by atoms with E-state index < -0.39 is 0 Å². The molecule has 0 saturated heterocycles. The van der Waals surface area contributed by atoms with E-state index in [4.69, 9.17) is 9.47 Å². The molecule has 0 rings (SSSR count). The molecule has 0 heterocycles. The average molecular weight is 170 g/mol. The number of rotatable bonds is 5. The third kappa shape index (κ3) is 9.08. The summed E-state index contributed by atoms with van der Waals surface area (Å²) in [4.78, 5) is 0. The topological polar surface area (TPSA) is 18.5 Å². The van der Waals surface area contributed by atoms with Crippen LogP contribution in [0.4, 0.5) is 0 Å². The van der Waals surface area contributed by atoms with E-state index in [-0.39, 0.29) is 0 Å². The van der Waals surface area contributed by atoms with Crippen LogP contribution in [0.25, 0.3) is 0 Å². The molecule has 0 N–H and O–H groups in total. The summed E-state index contributed by atoms with van der Waals surface area (Å²) in [6, 6.07) is 0. The minimum Gasteiger partial charge on any atom is -0.498 e. The Hall–Kier alpha value is -0.920. The van der Waals surface area contributed by atoms with Crippen LogP contribution in [0.1, 0.15) is 27.7 Å². The summed E-state index contributed by atoms with van der Waals surface area (Å²) in [6.45, 7) is 9.20.